The van der Waals surface area contributed by atoms with E-state index in [9.17, 15) is 9.59 Å². The number of carbonyl (C=O) groups excluding carboxylic acids is 1. The number of aromatic amines is 1. The van der Waals surface area contributed by atoms with E-state index in [2.05, 4.69) is 22.2 Å². The number of benzene rings is 1. The van der Waals surface area contributed by atoms with Gasteiger partial charge in [-0.1, -0.05) is 42.5 Å². The highest BCUT2D eigenvalue weighted by molar-refractivity contribution is 5.98. The monoisotopic (exact) mass is 337 g/mol. The number of rotatable bonds is 2. The molecule has 1 aromatic carbocycles. The van der Waals surface area contributed by atoms with Gasteiger partial charge in [0.25, 0.3) is 11.5 Å². The van der Waals surface area contributed by atoms with Gasteiger partial charge in [-0.25, -0.2) is 4.52 Å². The van der Waals surface area contributed by atoms with Crippen LogP contribution in [0.15, 0.2) is 41.3 Å². The molecule has 7 heteroatoms. The molecule has 1 saturated heterocycles. The third-order valence-electron chi connectivity index (χ3n) is 4.64. The van der Waals surface area contributed by atoms with Crippen molar-refractivity contribution < 1.29 is 4.79 Å². The summed E-state index contributed by atoms with van der Waals surface area (Å²) in [7, 11) is 0. The Kier molecular flexibility index (Phi) is 3.83. The van der Waals surface area contributed by atoms with Crippen LogP contribution in [0.5, 0.6) is 0 Å². The van der Waals surface area contributed by atoms with Crippen molar-refractivity contribution in [2.24, 2.45) is 5.92 Å². The SMILES string of the molecule is C[C@@H]1CCCN(C(=O)c2nnn3cc(-c4ccccc4)[nH]c(=O)c23)C1. The lowest BCUT2D eigenvalue weighted by atomic mass is 10.00. The van der Waals surface area contributed by atoms with Crippen LogP contribution in [0.3, 0.4) is 0 Å². The molecule has 7 nitrogen and oxygen atoms in total. The van der Waals surface area contributed by atoms with Gasteiger partial charge in [0.1, 0.15) is 0 Å². The van der Waals surface area contributed by atoms with E-state index < -0.39 is 0 Å². The number of fused-ring (bicyclic) bond motifs is 1. The van der Waals surface area contributed by atoms with Crippen molar-refractivity contribution in [1.82, 2.24) is 24.7 Å². The molecule has 1 N–H and O–H groups in total. The molecule has 0 aliphatic carbocycles. The predicted octanol–water partition coefficient (Wildman–Crippen LogP) is 1.96. The number of amides is 1. The number of hydrogen-bond donors (Lipinski definition) is 1. The van der Waals surface area contributed by atoms with E-state index in [1.54, 1.807) is 11.1 Å². The summed E-state index contributed by atoms with van der Waals surface area (Å²) in [4.78, 5) is 30.0. The molecule has 1 amide bonds. The molecule has 0 unspecified atom stereocenters. The minimum atomic E-state index is -0.361. The Balaban J connectivity index is 1.75. The molecular weight excluding hydrogens is 318 g/mol. The van der Waals surface area contributed by atoms with Crippen LogP contribution in [-0.2, 0) is 0 Å². The zero-order valence-electron chi connectivity index (χ0n) is 14.0. The van der Waals surface area contributed by atoms with Crippen LogP contribution in [-0.4, -0.2) is 43.7 Å². The number of nitrogens with one attached hydrogen (secondary N) is 1. The average molecular weight is 337 g/mol. The van der Waals surface area contributed by atoms with Crippen molar-refractivity contribution in [3.63, 3.8) is 0 Å². The van der Waals surface area contributed by atoms with Gasteiger partial charge in [-0.05, 0) is 24.3 Å². The van der Waals surface area contributed by atoms with Crippen molar-refractivity contribution in [3.8, 4) is 11.3 Å². The molecule has 0 bridgehead atoms. The molecule has 1 fully saturated rings. The highest BCUT2D eigenvalue weighted by Gasteiger charge is 2.27. The Morgan fingerprint density at radius 3 is 2.84 bits per heavy atom. The summed E-state index contributed by atoms with van der Waals surface area (Å²) in [5, 5.41) is 7.99. The van der Waals surface area contributed by atoms with Gasteiger partial charge in [-0.15, -0.1) is 5.10 Å². The van der Waals surface area contributed by atoms with E-state index in [0.29, 0.717) is 24.7 Å². The zero-order chi connectivity index (χ0) is 17.4. The largest absolute Gasteiger partial charge is 0.337 e. The smallest absolute Gasteiger partial charge is 0.276 e. The number of aromatic nitrogens is 4. The van der Waals surface area contributed by atoms with Crippen LogP contribution in [0.25, 0.3) is 16.8 Å². The van der Waals surface area contributed by atoms with Crippen LogP contribution >= 0.6 is 0 Å². The van der Waals surface area contributed by atoms with Crippen LogP contribution < -0.4 is 5.56 Å². The van der Waals surface area contributed by atoms with Crippen molar-refractivity contribution >= 4 is 11.4 Å². The van der Waals surface area contributed by atoms with Crippen molar-refractivity contribution in [1.29, 1.82) is 0 Å². The normalized spacial score (nSPS) is 17.8. The summed E-state index contributed by atoms with van der Waals surface area (Å²) in [5.74, 6) is 0.238. The molecule has 1 aliphatic rings. The Morgan fingerprint density at radius 2 is 2.08 bits per heavy atom. The molecule has 4 rings (SSSR count). The van der Waals surface area contributed by atoms with Gasteiger partial charge in [0, 0.05) is 13.1 Å². The lowest BCUT2D eigenvalue weighted by Gasteiger charge is -2.30. The average Bonchev–Trinajstić information content (AvgIpc) is 3.06. The zero-order valence-corrected chi connectivity index (χ0v) is 14.0. The number of H-pyrrole nitrogens is 1. The fourth-order valence-corrected chi connectivity index (χ4v) is 3.36. The van der Waals surface area contributed by atoms with Gasteiger partial charge in [0.2, 0.25) is 0 Å². The molecule has 0 spiro atoms. The van der Waals surface area contributed by atoms with Crippen molar-refractivity contribution in [2.75, 3.05) is 13.1 Å². The second-order valence-corrected chi connectivity index (χ2v) is 6.59. The van der Waals surface area contributed by atoms with Gasteiger partial charge in [-0.2, -0.15) is 0 Å². The molecule has 0 saturated carbocycles. The van der Waals surface area contributed by atoms with Crippen LogP contribution in [0.2, 0.25) is 0 Å². The summed E-state index contributed by atoms with van der Waals surface area (Å²) in [5.41, 5.74) is 1.46. The highest BCUT2D eigenvalue weighted by atomic mass is 16.2. The molecule has 2 aromatic heterocycles. The fraction of sp³-hybridized carbons (Fsp3) is 0.333. The standard InChI is InChI=1S/C18H19N5O2/c1-12-6-5-9-22(10-12)18(25)15-16-17(24)19-14(11-23(16)21-20-15)13-7-3-2-4-8-13/h2-4,7-8,11-12H,5-6,9-10H2,1H3,(H,19,24)/t12-/m1/s1. The summed E-state index contributed by atoms with van der Waals surface area (Å²) in [6, 6.07) is 9.49. The first kappa shape index (κ1) is 15.6. The Bertz CT molecular complexity index is 976. The number of carbonyl (C=O) groups is 1. The molecule has 128 valence electrons. The van der Waals surface area contributed by atoms with Crippen LogP contribution in [0.1, 0.15) is 30.3 Å². The van der Waals surface area contributed by atoms with E-state index in [1.165, 1.54) is 4.52 Å². The summed E-state index contributed by atoms with van der Waals surface area (Å²) in [6.07, 6.45) is 3.78. The Hall–Kier alpha value is -2.96. The first-order valence-corrected chi connectivity index (χ1v) is 8.46. The number of hydrogen-bond acceptors (Lipinski definition) is 4. The fourth-order valence-electron chi connectivity index (χ4n) is 3.36. The molecule has 1 aliphatic heterocycles. The maximum absolute atomic E-state index is 12.8. The van der Waals surface area contributed by atoms with E-state index in [-0.39, 0.29) is 22.7 Å². The number of likely N-dealkylation sites (tertiary alicyclic amines) is 1. The maximum Gasteiger partial charge on any atom is 0.276 e. The minimum absolute atomic E-state index is 0.120. The second-order valence-electron chi connectivity index (χ2n) is 6.59. The third-order valence-corrected chi connectivity index (χ3v) is 4.64. The van der Waals surface area contributed by atoms with E-state index in [1.807, 2.05) is 30.3 Å². The van der Waals surface area contributed by atoms with Gasteiger partial charge >= 0.3 is 0 Å². The second kappa shape index (κ2) is 6.16. The number of nitrogens with zero attached hydrogens (tertiary/aromatic N) is 4. The molecule has 1 atom stereocenters. The van der Waals surface area contributed by atoms with Crippen LogP contribution in [0, 0.1) is 5.92 Å². The quantitative estimate of drug-likeness (QED) is 0.775. The molecule has 0 radical (unpaired) electrons. The first-order valence-electron chi connectivity index (χ1n) is 8.46. The third kappa shape index (κ3) is 2.82. The van der Waals surface area contributed by atoms with Gasteiger partial charge in [0.05, 0.1) is 11.9 Å². The van der Waals surface area contributed by atoms with E-state index >= 15 is 0 Å². The van der Waals surface area contributed by atoms with E-state index in [0.717, 1.165) is 18.4 Å². The molecular formula is C18H19N5O2. The lowest BCUT2D eigenvalue weighted by molar-refractivity contribution is 0.0679. The molecule has 25 heavy (non-hydrogen) atoms. The number of piperidine rings is 1. The minimum Gasteiger partial charge on any atom is -0.337 e. The van der Waals surface area contributed by atoms with Crippen molar-refractivity contribution in [2.45, 2.75) is 19.8 Å². The summed E-state index contributed by atoms with van der Waals surface area (Å²) in [6.45, 7) is 3.52. The maximum atomic E-state index is 12.8. The predicted molar refractivity (Wildman–Crippen MR) is 93.3 cm³/mol. The first-order chi connectivity index (χ1) is 12.1. The van der Waals surface area contributed by atoms with Crippen molar-refractivity contribution in [3.05, 3.63) is 52.6 Å². The molecule has 3 heterocycles. The van der Waals surface area contributed by atoms with Gasteiger partial charge in [0.15, 0.2) is 11.2 Å². The summed E-state index contributed by atoms with van der Waals surface area (Å²) >= 11 is 0. The Morgan fingerprint density at radius 1 is 1.28 bits per heavy atom. The van der Waals surface area contributed by atoms with Crippen LogP contribution in [0.4, 0.5) is 0 Å². The summed E-state index contributed by atoms with van der Waals surface area (Å²) < 4.78 is 1.39. The van der Waals surface area contributed by atoms with E-state index in [4.69, 9.17) is 0 Å². The topological polar surface area (TPSA) is 83.4 Å². The highest BCUT2D eigenvalue weighted by Crippen LogP contribution is 2.19. The van der Waals surface area contributed by atoms with Gasteiger partial charge < -0.3 is 9.88 Å². The van der Waals surface area contributed by atoms with Gasteiger partial charge in [-0.3, -0.25) is 9.59 Å². The lowest BCUT2D eigenvalue weighted by Crippen LogP contribution is -2.39. The molecule has 3 aromatic rings. The Labute approximate surface area is 144 Å².